The number of aliphatic hydroxyl groups is 1. The van der Waals surface area contributed by atoms with Gasteiger partial charge in [0.1, 0.15) is 6.10 Å². The summed E-state index contributed by atoms with van der Waals surface area (Å²) < 4.78 is 23.4. The van der Waals surface area contributed by atoms with Crippen LogP contribution in [0.2, 0.25) is 0 Å². The SMILES string of the molecule is CC(C)(COS(=O)O)C(O)C(=O)NCCC(=O)NCCS. The number of rotatable bonds is 10. The van der Waals surface area contributed by atoms with Gasteiger partial charge < -0.3 is 15.7 Å². The van der Waals surface area contributed by atoms with Gasteiger partial charge in [0.15, 0.2) is 0 Å². The van der Waals surface area contributed by atoms with Crippen molar-refractivity contribution in [3.05, 3.63) is 0 Å². The third-order valence-corrected chi connectivity index (χ3v) is 3.15. The Kier molecular flexibility index (Phi) is 9.79. The van der Waals surface area contributed by atoms with Crippen molar-refractivity contribution < 1.29 is 27.6 Å². The molecule has 0 aliphatic heterocycles. The van der Waals surface area contributed by atoms with Crippen molar-refractivity contribution in [2.45, 2.75) is 26.4 Å². The summed E-state index contributed by atoms with van der Waals surface area (Å²) in [6, 6.07) is 0. The zero-order chi connectivity index (χ0) is 16.5. The van der Waals surface area contributed by atoms with Crippen LogP contribution in [0, 0.1) is 5.41 Å². The Bertz CT molecular complexity index is 378. The second kappa shape index (κ2) is 10.1. The maximum atomic E-state index is 11.7. The first-order valence-electron chi connectivity index (χ1n) is 6.28. The molecule has 2 unspecified atom stereocenters. The third kappa shape index (κ3) is 9.04. The molecule has 0 saturated carbocycles. The van der Waals surface area contributed by atoms with E-state index in [1.807, 2.05) is 0 Å². The van der Waals surface area contributed by atoms with E-state index in [1.165, 1.54) is 13.8 Å². The van der Waals surface area contributed by atoms with Gasteiger partial charge in [0, 0.05) is 30.7 Å². The van der Waals surface area contributed by atoms with Crippen LogP contribution in [0.4, 0.5) is 0 Å². The van der Waals surface area contributed by atoms with Gasteiger partial charge in [-0.3, -0.25) is 18.3 Å². The quantitative estimate of drug-likeness (QED) is 0.258. The van der Waals surface area contributed by atoms with Gasteiger partial charge in [-0.05, 0) is 0 Å². The number of hydrogen-bond acceptors (Lipinski definition) is 6. The van der Waals surface area contributed by atoms with Gasteiger partial charge in [-0.2, -0.15) is 16.8 Å². The Balaban J connectivity index is 4.14. The third-order valence-electron chi connectivity index (χ3n) is 2.61. The molecule has 0 aromatic carbocycles. The van der Waals surface area contributed by atoms with Crippen molar-refractivity contribution in [3.63, 3.8) is 0 Å². The van der Waals surface area contributed by atoms with Crippen molar-refractivity contribution in [3.8, 4) is 0 Å². The molecular weight excluding hydrogens is 320 g/mol. The predicted octanol–water partition coefficient (Wildman–Crippen LogP) is -0.921. The first-order valence-corrected chi connectivity index (χ1v) is 7.94. The van der Waals surface area contributed by atoms with E-state index in [1.54, 1.807) is 0 Å². The number of carbonyl (C=O) groups is 2. The van der Waals surface area contributed by atoms with Crippen LogP contribution >= 0.6 is 12.6 Å². The van der Waals surface area contributed by atoms with Gasteiger partial charge in [-0.25, -0.2) is 0 Å². The first-order chi connectivity index (χ1) is 9.70. The Morgan fingerprint density at radius 1 is 1.33 bits per heavy atom. The summed E-state index contributed by atoms with van der Waals surface area (Å²) >= 11 is 1.48. The number of nitrogens with one attached hydrogen (secondary N) is 2. The molecule has 0 aromatic heterocycles. The highest BCUT2D eigenvalue weighted by Gasteiger charge is 2.34. The van der Waals surface area contributed by atoms with Gasteiger partial charge in [0.2, 0.25) is 11.8 Å². The molecule has 0 rings (SSSR count). The van der Waals surface area contributed by atoms with E-state index < -0.39 is 28.8 Å². The van der Waals surface area contributed by atoms with E-state index >= 15 is 0 Å². The highest BCUT2D eigenvalue weighted by Crippen LogP contribution is 2.21. The lowest BCUT2D eigenvalue weighted by Crippen LogP contribution is -2.46. The molecule has 21 heavy (non-hydrogen) atoms. The van der Waals surface area contributed by atoms with E-state index in [0.29, 0.717) is 12.3 Å². The van der Waals surface area contributed by atoms with Crippen LogP contribution < -0.4 is 10.6 Å². The summed E-state index contributed by atoms with van der Waals surface area (Å²) in [4.78, 5) is 23.0. The molecule has 0 aromatic rings. The summed E-state index contributed by atoms with van der Waals surface area (Å²) in [7, 11) is 0. The lowest BCUT2D eigenvalue weighted by atomic mass is 9.87. The number of aliphatic hydroxyl groups excluding tert-OH is 1. The van der Waals surface area contributed by atoms with E-state index in [4.69, 9.17) is 4.55 Å². The van der Waals surface area contributed by atoms with E-state index in [9.17, 15) is 18.9 Å². The second-order valence-electron chi connectivity index (χ2n) is 4.99. The molecule has 0 saturated heterocycles. The van der Waals surface area contributed by atoms with Gasteiger partial charge in [-0.15, -0.1) is 0 Å². The number of hydrogen-bond donors (Lipinski definition) is 5. The van der Waals surface area contributed by atoms with Crippen LogP contribution in [0.5, 0.6) is 0 Å². The zero-order valence-electron chi connectivity index (χ0n) is 12.0. The van der Waals surface area contributed by atoms with E-state index in [-0.39, 0.29) is 25.5 Å². The molecule has 0 bridgehead atoms. The van der Waals surface area contributed by atoms with Crippen LogP contribution in [0.15, 0.2) is 0 Å². The minimum atomic E-state index is -2.46. The van der Waals surface area contributed by atoms with Crippen molar-refractivity contribution in [1.29, 1.82) is 0 Å². The lowest BCUT2D eigenvalue weighted by Gasteiger charge is -2.28. The smallest absolute Gasteiger partial charge is 0.301 e. The van der Waals surface area contributed by atoms with E-state index in [2.05, 4.69) is 27.4 Å². The minimum Gasteiger partial charge on any atom is -0.383 e. The summed E-state index contributed by atoms with van der Waals surface area (Å²) in [5.74, 6) is -0.372. The summed E-state index contributed by atoms with van der Waals surface area (Å²) in [5, 5.41) is 14.9. The molecule has 124 valence electrons. The lowest BCUT2D eigenvalue weighted by molar-refractivity contribution is -0.136. The second-order valence-corrected chi connectivity index (χ2v) is 6.10. The molecule has 8 nitrogen and oxygen atoms in total. The van der Waals surface area contributed by atoms with Gasteiger partial charge in [-0.1, -0.05) is 13.8 Å². The minimum absolute atomic E-state index is 0.0805. The molecule has 2 atom stereocenters. The van der Waals surface area contributed by atoms with Crippen molar-refractivity contribution in [2.75, 3.05) is 25.4 Å². The Morgan fingerprint density at radius 3 is 2.48 bits per heavy atom. The molecule has 0 radical (unpaired) electrons. The van der Waals surface area contributed by atoms with Crippen molar-refractivity contribution in [2.24, 2.45) is 5.41 Å². The summed E-state index contributed by atoms with van der Waals surface area (Å²) in [6.07, 6.45) is -1.34. The van der Waals surface area contributed by atoms with Gasteiger partial charge in [0.05, 0.1) is 6.61 Å². The standard InChI is InChI=1S/C11H22N2O6S2/c1-11(2,7-19-21(17)18)9(15)10(16)13-4-3-8(14)12-5-6-20/h9,15,20H,3-7H2,1-2H3,(H,12,14)(H,13,16)(H,17,18). The predicted molar refractivity (Wildman–Crippen MR) is 81.0 cm³/mol. The summed E-state index contributed by atoms with van der Waals surface area (Å²) in [6.45, 7) is 3.29. The molecule has 4 N–H and O–H groups in total. The molecule has 0 fully saturated rings. The van der Waals surface area contributed by atoms with Crippen LogP contribution in [0.3, 0.4) is 0 Å². The molecule has 10 heteroatoms. The Hall–Kier alpha value is -0.680. The topological polar surface area (TPSA) is 125 Å². The fourth-order valence-electron chi connectivity index (χ4n) is 1.32. The molecule has 0 aliphatic rings. The maximum absolute atomic E-state index is 11.7. The monoisotopic (exact) mass is 342 g/mol. The van der Waals surface area contributed by atoms with E-state index in [0.717, 1.165) is 0 Å². The number of amides is 2. The van der Waals surface area contributed by atoms with Crippen molar-refractivity contribution >= 4 is 35.8 Å². The van der Waals surface area contributed by atoms with Gasteiger partial charge >= 0.3 is 11.4 Å². The largest absolute Gasteiger partial charge is 0.383 e. The van der Waals surface area contributed by atoms with Crippen LogP contribution in [0.25, 0.3) is 0 Å². The number of carbonyl (C=O) groups excluding carboxylic acids is 2. The van der Waals surface area contributed by atoms with Crippen LogP contribution in [-0.2, 0) is 25.1 Å². The normalized spacial score (nSPS) is 14.3. The van der Waals surface area contributed by atoms with Crippen LogP contribution in [0.1, 0.15) is 20.3 Å². The maximum Gasteiger partial charge on any atom is 0.301 e. The Labute approximate surface area is 131 Å². The fraction of sp³-hybridized carbons (Fsp3) is 0.818. The molecule has 0 spiro atoms. The first kappa shape index (κ1) is 20.3. The highest BCUT2D eigenvalue weighted by atomic mass is 32.2. The van der Waals surface area contributed by atoms with Crippen LogP contribution in [-0.4, -0.2) is 57.2 Å². The zero-order valence-corrected chi connectivity index (χ0v) is 13.7. The molecule has 0 aliphatic carbocycles. The average molecular weight is 342 g/mol. The fourth-order valence-corrected chi connectivity index (χ4v) is 1.83. The molecule has 0 heterocycles. The number of thiol groups is 1. The molecule has 2 amide bonds. The molecular formula is C11H22N2O6S2. The van der Waals surface area contributed by atoms with Crippen molar-refractivity contribution in [1.82, 2.24) is 10.6 Å². The Morgan fingerprint density at radius 2 is 1.95 bits per heavy atom. The summed E-state index contributed by atoms with van der Waals surface area (Å²) in [5.41, 5.74) is -1.04. The average Bonchev–Trinajstić information content (AvgIpc) is 2.42. The van der Waals surface area contributed by atoms with Gasteiger partial charge in [0.25, 0.3) is 0 Å². The highest BCUT2D eigenvalue weighted by molar-refractivity contribution is 7.80.